The molecule has 5 nitrogen and oxygen atoms in total. The van der Waals surface area contributed by atoms with Gasteiger partial charge in [0.05, 0.1) is 5.56 Å². The Morgan fingerprint density at radius 1 is 1.33 bits per heavy atom. The molecule has 1 aliphatic heterocycles. The Bertz CT molecular complexity index is 471. The van der Waals surface area contributed by atoms with Crippen LogP contribution in [0.4, 0.5) is 0 Å². The predicted octanol–water partition coefficient (Wildman–Crippen LogP) is 0.969. The summed E-state index contributed by atoms with van der Waals surface area (Å²) in [5.41, 5.74) is 7.89. The number of nitrogens with two attached hydrogens (primary N) is 1. The highest BCUT2D eigenvalue weighted by atomic mass is 16.2. The molecule has 1 aromatic heterocycles. The first-order valence-corrected chi connectivity index (χ1v) is 6.24. The number of amides is 2. The molecule has 0 bridgehead atoms. The van der Waals surface area contributed by atoms with Crippen LogP contribution in [0.15, 0.2) is 6.07 Å². The fraction of sp³-hybridized carbons (Fsp3) is 0.538. The molecule has 98 valence electrons. The molecule has 1 aliphatic rings. The Kier molecular flexibility index (Phi) is 3.41. The summed E-state index contributed by atoms with van der Waals surface area (Å²) in [4.78, 5) is 28.3. The quantitative estimate of drug-likeness (QED) is 0.819. The van der Waals surface area contributed by atoms with Crippen molar-refractivity contribution in [2.24, 2.45) is 11.7 Å². The van der Waals surface area contributed by atoms with Crippen LogP contribution in [0.25, 0.3) is 0 Å². The first-order valence-electron chi connectivity index (χ1n) is 6.24. The van der Waals surface area contributed by atoms with E-state index in [1.807, 2.05) is 19.9 Å². The number of hydrogen-bond acceptors (Lipinski definition) is 2. The average molecular weight is 249 g/mol. The van der Waals surface area contributed by atoms with Gasteiger partial charge in [-0.25, -0.2) is 0 Å². The van der Waals surface area contributed by atoms with Gasteiger partial charge in [0, 0.05) is 30.4 Å². The minimum absolute atomic E-state index is 0.0415. The zero-order valence-corrected chi connectivity index (χ0v) is 10.8. The lowest BCUT2D eigenvalue weighted by atomic mass is 9.96. The minimum Gasteiger partial charge on any atom is -0.369 e. The van der Waals surface area contributed by atoms with Crippen molar-refractivity contribution in [3.63, 3.8) is 0 Å². The molecule has 1 aromatic rings. The van der Waals surface area contributed by atoms with Crippen LogP contribution >= 0.6 is 0 Å². The van der Waals surface area contributed by atoms with Crippen LogP contribution in [-0.4, -0.2) is 34.8 Å². The van der Waals surface area contributed by atoms with Gasteiger partial charge in [-0.3, -0.25) is 9.59 Å². The number of aromatic nitrogens is 1. The number of carbonyl (C=O) groups excluding carboxylic acids is 2. The molecule has 0 aromatic carbocycles. The predicted molar refractivity (Wildman–Crippen MR) is 68.1 cm³/mol. The molecule has 18 heavy (non-hydrogen) atoms. The van der Waals surface area contributed by atoms with Gasteiger partial charge >= 0.3 is 0 Å². The van der Waals surface area contributed by atoms with Gasteiger partial charge < -0.3 is 15.6 Å². The Balaban J connectivity index is 2.04. The number of primary amides is 1. The molecule has 2 heterocycles. The maximum atomic E-state index is 12.3. The van der Waals surface area contributed by atoms with E-state index in [1.54, 1.807) is 4.90 Å². The molecule has 2 rings (SSSR count). The van der Waals surface area contributed by atoms with E-state index >= 15 is 0 Å². The van der Waals surface area contributed by atoms with Gasteiger partial charge in [-0.1, -0.05) is 0 Å². The normalized spacial score (nSPS) is 16.9. The summed E-state index contributed by atoms with van der Waals surface area (Å²) in [6.07, 6.45) is 1.34. The number of aryl methyl sites for hydroxylation is 2. The monoisotopic (exact) mass is 249 g/mol. The van der Waals surface area contributed by atoms with Crippen LogP contribution in [0.3, 0.4) is 0 Å². The number of H-pyrrole nitrogens is 1. The van der Waals surface area contributed by atoms with Gasteiger partial charge in [0.2, 0.25) is 5.91 Å². The number of nitrogens with zero attached hydrogens (tertiary/aromatic N) is 1. The summed E-state index contributed by atoms with van der Waals surface area (Å²) in [5, 5.41) is 0. The number of rotatable bonds is 2. The molecule has 0 aliphatic carbocycles. The third kappa shape index (κ3) is 2.39. The highest BCUT2D eigenvalue weighted by Gasteiger charge is 2.27. The van der Waals surface area contributed by atoms with Crippen molar-refractivity contribution >= 4 is 11.8 Å². The van der Waals surface area contributed by atoms with Gasteiger partial charge in [0.15, 0.2) is 0 Å². The number of hydrogen-bond donors (Lipinski definition) is 2. The summed E-state index contributed by atoms with van der Waals surface area (Å²) < 4.78 is 0. The van der Waals surface area contributed by atoms with E-state index in [-0.39, 0.29) is 17.7 Å². The Labute approximate surface area is 106 Å². The number of likely N-dealkylation sites (tertiary alicyclic amines) is 1. The first-order chi connectivity index (χ1) is 8.49. The van der Waals surface area contributed by atoms with Crippen molar-refractivity contribution in [1.82, 2.24) is 9.88 Å². The van der Waals surface area contributed by atoms with Crippen LogP contribution < -0.4 is 5.73 Å². The van der Waals surface area contributed by atoms with E-state index in [9.17, 15) is 9.59 Å². The number of aromatic amines is 1. The molecule has 0 unspecified atom stereocenters. The van der Waals surface area contributed by atoms with E-state index in [0.717, 1.165) is 17.0 Å². The van der Waals surface area contributed by atoms with Crippen molar-refractivity contribution in [3.8, 4) is 0 Å². The third-order valence-electron chi connectivity index (χ3n) is 3.56. The van der Waals surface area contributed by atoms with Crippen molar-refractivity contribution in [1.29, 1.82) is 0 Å². The van der Waals surface area contributed by atoms with E-state index in [4.69, 9.17) is 5.73 Å². The van der Waals surface area contributed by atoms with Crippen LogP contribution in [0.2, 0.25) is 0 Å². The van der Waals surface area contributed by atoms with Crippen LogP contribution in [0, 0.1) is 19.8 Å². The maximum Gasteiger partial charge on any atom is 0.255 e. The average Bonchev–Trinajstić information content (AvgIpc) is 2.67. The Hall–Kier alpha value is -1.78. The standard InChI is InChI=1S/C13H19N3O2/c1-8-7-11(9(2)15-8)13(18)16-5-3-10(4-6-16)12(14)17/h7,10,15H,3-6H2,1-2H3,(H2,14,17). The van der Waals surface area contributed by atoms with Gasteiger partial charge in [-0.05, 0) is 32.8 Å². The van der Waals surface area contributed by atoms with Crippen molar-refractivity contribution in [2.45, 2.75) is 26.7 Å². The highest BCUT2D eigenvalue weighted by molar-refractivity contribution is 5.95. The summed E-state index contributed by atoms with van der Waals surface area (Å²) >= 11 is 0. The van der Waals surface area contributed by atoms with E-state index in [2.05, 4.69) is 4.98 Å². The van der Waals surface area contributed by atoms with Crippen molar-refractivity contribution < 1.29 is 9.59 Å². The minimum atomic E-state index is -0.254. The zero-order chi connectivity index (χ0) is 13.3. The lowest BCUT2D eigenvalue weighted by molar-refractivity contribution is -0.123. The molecule has 0 atom stereocenters. The van der Waals surface area contributed by atoms with Gasteiger partial charge in [-0.15, -0.1) is 0 Å². The van der Waals surface area contributed by atoms with Crippen LogP contribution in [0.5, 0.6) is 0 Å². The van der Waals surface area contributed by atoms with Crippen molar-refractivity contribution in [3.05, 3.63) is 23.0 Å². The SMILES string of the molecule is Cc1cc(C(=O)N2CCC(C(N)=O)CC2)c(C)[nH]1. The van der Waals surface area contributed by atoms with E-state index in [0.29, 0.717) is 25.9 Å². The maximum absolute atomic E-state index is 12.3. The fourth-order valence-electron chi connectivity index (χ4n) is 2.48. The fourth-order valence-corrected chi connectivity index (χ4v) is 2.48. The Morgan fingerprint density at radius 2 is 1.94 bits per heavy atom. The second-order valence-corrected chi connectivity index (χ2v) is 4.96. The van der Waals surface area contributed by atoms with Crippen LogP contribution in [0.1, 0.15) is 34.6 Å². The summed E-state index contributed by atoms with van der Waals surface area (Å²) in [5.74, 6) is -0.293. The largest absolute Gasteiger partial charge is 0.369 e. The highest BCUT2D eigenvalue weighted by Crippen LogP contribution is 2.20. The second kappa shape index (κ2) is 4.84. The topological polar surface area (TPSA) is 79.2 Å². The molecular weight excluding hydrogens is 230 g/mol. The van der Waals surface area contributed by atoms with Crippen LogP contribution in [-0.2, 0) is 4.79 Å². The summed E-state index contributed by atoms with van der Waals surface area (Å²) in [7, 11) is 0. The third-order valence-corrected chi connectivity index (χ3v) is 3.56. The van der Waals surface area contributed by atoms with Gasteiger partial charge in [-0.2, -0.15) is 0 Å². The Morgan fingerprint density at radius 3 is 2.39 bits per heavy atom. The molecule has 3 N–H and O–H groups in total. The first kappa shape index (κ1) is 12.7. The number of carbonyl (C=O) groups is 2. The van der Waals surface area contributed by atoms with Crippen molar-refractivity contribution in [2.75, 3.05) is 13.1 Å². The van der Waals surface area contributed by atoms with Gasteiger partial charge in [0.25, 0.3) is 5.91 Å². The lowest BCUT2D eigenvalue weighted by Crippen LogP contribution is -2.41. The smallest absolute Gasteiger partial charge is 0.255 e. The molecule has 0 saturated carbocycles. The van der Waals surface area contributed by atoms with Gasteiger partial charge in [0.1, 0.15) is 0 Å². The lowest BCUT2D eigenvalue weighted by Gasteiger charge is -2.30. The molecule has 5 heteroatoms. The number of nitrogens with one attached hydrogen (secondary N) is 1. The summed E-state index contributed by atoms with van der Waals surface area (Å²) in [6.45, 7) is 5.05. The molecule has 1 fully saturated rings. The summed E-state index contributed by atoms with van der Waals surface area (Å²) in [6, 6.07) is 1.87. The molecule has 0 spiro atoms. The van der Waals surface area contributed by atoms with E-state index in [1.165, 1.54) is 0 Å². The molecule has 0 radical (unpaired) electrons. The second-order valence-electron chi connectivity index (χ2n) is 4.96. The van der Waals surface area contributed by atoms with E-state index < -0.39 is 0 Å². The molecule has 1 saturated heterocycles. The molecule has 2 amide bonds. The zero-order valence-electron chi connectivity index (χ0n) is 10.8. The number of piperidine rings is 1. The molecular formula is C13H19N3O2.